The van der Waals surface area contributed by atoms with E-state index in [1.807, 2.05) is 25.1 Å². The predicted molar refractivity (Wildman–Crippen MR) is 145 cm³/mol. The van der Waals surface area contributed by atoms with Crippen LogP contribution in [0.4, 0.5) is 5.82 Å². The number of ketones is 1. The van der Waals surface area contributed by atoms with E-state index in [2.05, 4.69) is 34.3 Å². The normalized spacial score (nSPS) is 12.4. The van der Waals surface area contributed by atoms with Crippen LogP contribution in [0, 0.1) is 6.92 Å². The summed E-state index contributed by atoms with van der Waals surface area (Å²) in [6, 6.07) is 22.1. The molecule has 0 fully saturated rings. The van der Waals surface area contributed by atoms with Crippen LogP contribution in [0.15, 0.2) is 90.6 Å². The number of aldehydes is 1. The van der Waals surface area contributed by atoms with Gasteiger partial charge in [0.05, 0.1) is 17.3 Å². The molecule has 4 aromatic rings. The van der Waals surface area contributed by atoms with Gasteiger partial charge in [0.25, 0.3) is 0 Å². The highest BCUT2D eigenvalue weighted by Gasteiger charge is 2.28. The molecule has 0 aliphatic carbocycles. The first-order chi connectivity index (χ1) is 18.4. The van der Waals surface area contributed by atoms with Crippen LogP contribution in [0.25, 0.3) is 5.76 Å². The number of aryl methyl sites for hydroxylation is 1. The standard InChI is InChI=1S/C30H28N4O4/c1-19(2)21-8-10-23(11-9-21)30(37)28(25(36)18-35)29(32-26-16-7-20(3)33-34-26)22-12-14-24(15-13-22)38-27-6-4-5-17-31-27/h4-19,29,37H,1-3H3,(H,32,34). The van der Waals surface area contributed by atoms with E-state index in [1.54, 1.807) is 66.9 Å². The minimum Gasteiger partial charge on any atom is -0.507 e. The largest absolute Gasteiger partial charge is 0.507 e. The van der Waals surface area contributed by atoms with Gasteiger partial charge in [0.1, 0.15) is 17.3 Å². The number of aliphatic hydroxyl groups excluding tert-OH is 1. The van der Waals surface area contributed by atoms with E-state index in [9.17, 15) is 14.7 Å². The minimum atomic E-state index is -0.918. The molecule has 1 unspecified atom stereocenters. The molecule has 0 aliphatic heterocycles. The van der Waals surface area contributed by atoms with Crippen LogP contribution in [0.1, 0.15) is 48.2 Å². The molecule has 0 saturated heterocycles. The third-order valence-corrected chi connectivity index (χ3v) is 5.93. The van der Waals surface area contributed by atoms with Crippen LogP contribution in [0.2, 0.25) is 0 Å². The van der Waals surface area contributed by atoms with Crippen molar-refractivity contribution in [3.63, 3.8) is 0 Å². The summed E-state index contributed by atoms with van der Waals surface area (Å²) in [5.41, 5.74) is 2.69. The number of hydrogen-bond donors (Lipinski definition) is 2. The Bertz CT molecular complexity index is 1420. The monoisotopic (exact) mass is 508 g/mol. The Kier molecular flexibility index (Phi) is 8.23. The van der Waals surface area contributed by atoms with Gasteiger partial charge in [-0.25, -0.2) is 4.98 Å². The first-order valence-electron chi connectivity index (χ1n) is 12.1. The van der Waals surface area contributed by atoms with Crippen molar-refractivity contribution in [3.05, 3.63) is 113 Å². The SMILES string of the molecule is Cc1ccc(NC(C(C(=O)C=O)=C(O)c2ccc(C(C)C)cc2)c2ccc(Oc3ccccn3)cc2)nn1. The molecule has 0 spiro atoms. The molecule has 2 aromatic carbocycles. The lowest BCUT2D eigenvalue weighted by Crippen LogP contribution is -2.22. The van der Waals surface area contributed by atoms with Crippen LogP contribution >= 0.6 is 0 Å². The topological polar surface area (TPSA) is 114 Å². The quantitative estimate of drug-likeness (QED) is 0.116. The van der Waals surface area contributed by atoms with E-state index in [0.717, 1.165) is 11.3 Å². The fourth-order valence-corrected chi connectivity index (χ4v) is 3.84. The highest BCUT2D eigenvalue weighted by Crippen LogP contribution is 2.33. The van der Waals surface area contributed by atoms with Crippen LogP contribution in [-0.4, -0.2) is 32.4 Å². The lowest BCUT2D eigenvalue weighted by Gasteiger charge is -2.23. The second-order valence-electron chi connectivity index (χ2n) is 9.00. The zero-order valence-corrected chi connectivity index (χ0v) is 21.3. The molecule has 2 aromatic heterocycles. The van der Waals surface area contributed by atoms with Crippen molar-refractivity contribution >= 4 is 23.6 Å². The summed E-state index contributed by atoms with van der Waals surface area (Å²) in [4.78, 5) is 28.9. The predicted octanol–water partition coefficient (Wildman–Crippen LogP) is 5.99. The number of aliphatic hydroxyl groups is 1. The van der Waals surface area contributed by atoms with Crippen LogP contribution in [0.3, 0.4) is 0 Å². The van der Waals surface area contributed by atoms with Gasteiger partial charge in [-0.1, -0.05) is 56.3 Å². The Labute approximate surface area is 221 Å². The van der Waals surface area contributed by atoms with Crippen LogP contribution in [-0.2, 0) is 9.59 Å². The maximum absolute atomic E-state index is 13.0. The number of anilines is 1. The van der Waals surface area contributed by atoms with Gasteiger partial charge in [-0.05, 0) is 54.3 Å². The molecule has 0 saturated carbocycles. The van der Waals surface area contributed by atoms with Gasteiger partial charge in [0.2, 0.25) is 11.7 Å². The first kappa shape index (κ1) is 26.2. The molecule has 2 N–H and O–H groups in total. The zero-order valence-electron chi connectivity index (χ0n) is 21.3. The molecule has 38 heavy (non-hydrogen) atoms. The van der Waals surface area contributed by atoms with Crippen molar-refractivity contribution in [1.82, 2.24) is 15.2 Å². The Morgan fingerprint density at radius 3 is 2.21 bits per heavy atom. The average molecular weight is 509 g/mol. The van der Waals surface area contributed by atoms with Gasteiger partial charge < -0.3 is 15.2 Å². The highest BCUT2D eigenvalue weighted by atomic mass is 16.5. The number of ether oxygens (including phenoxy) is 1. The molecular weight excluding hydrogens is 480 g/mol. The number of carbonyl (C=O) groups is 2. The number of carbonyl (C=O) groups excluding carboxylic acids is 2. The zero-order chi connectivity index (χ0) is 27.1. The number of pyridine rings is 1. The summed E-state index contributed by atoms with van der Waals surface area (Å²) < 4.78 is 5.78. The van der Waals surface area contributed by atoms with Gasteiger partial charge >= 0.3 is 0 Å². The van der Waals surface area contributed by atoms with Gasteiger partial charge in [0.15, 0.2) is 6.29 Å². The number of nitrogens with one attached hydrogen (secondary N) is 1. The van der Waals surface area contributed by atoms with Gasteiger partial charge in [0, 0.05) is 17.8 Å². The highest BCUT2D eigenvalue weighted by molar-refractivity contribution is 6.35. The summed E-state index contributed by atoms with van der Waals surface area (Å²) in [5, 5.41) is 22.7. The summed E-state index contributed by atoms with van der Waals surface area (Å²) in [5.74, 6) is 0.470. The minimum absolute atomic E-state index is 0.113. The Balaban J connectivity index is 1.78. The van der Waals surface area contributed by atoms with Crippen LogP contribution < -0.4 is 10.1 Å². The number of Topliss-reactive ketones (excluding diaryl/α,β-unsaturated/α-hetero) is 1. The maximum atomic E-state index is 13.0. The molecule has 4 rings (SSSR count). The molecule has 8 heteroatoms. The molecule has 0 radical (unpaired) electrons. The smallest absolute Gasteiger partial charge is 0.227 e. The summed E-state index contributed by atoms with van der Waals surface area (Å²) in [6.07, 6.45) is 1.83. The average Bonchev–Trinajstić information content (AvgIpc) is 2.94. The molecule has 0 aliphatic rings. The van der Waals surface area contributed by atoms with Crippen molar-refractivity contribution in [3.8, 4) is 11.6 Å². The van der Waals surface area contributed by atoms with Crippen molar-refractivity contribution in [2.24, 2.45) is 0 Å². The summed E-state index contributed by atoms with van der Waals surface area (Å²) in [7, 11) is 0. The molecule has 8 nitrogen and oxygen atoms in total. The number of rotatable bonds is 10. The molecular formula is C30H28N4O4. The third-order valence-electron chi connectivity index (χ3n) is 5.93. The second-order valence-corrected chi connectivity index (χ2v) is 9.00. The fraction of sp³-hybridized carbons (Fsp3) is 0.167. The van der Waals surface area contributed by atoms with Crippen molar-refractivity contribution in [1.29, 1.82) is 0 Å². The summed E-state index contributed by atoms with van der Waals surface area (Å²) in [6.45, 7) is 5.94. The maximum Gasteiger partial charge on any atom is 0.227 e. The number of benzene rings is 2. The molecule has 1 atom stereocenters. The lowest BCUT2D eigenvalue weighted by molar-refractivity contribution is -0.127. The lowest BCUT2D eigenvalue weighted by atomic mass is 9.91. The Hall–Kier alpha value is -4.85. The molecule has 0 bridgehead atoms. The number of nitrogens with zero attached hydrogens (tertiary/aromatic N) is 3. The number of aromatic nitrogens is 3. The van der Waals surface area contributed by atoms with Gasteiger partial charge in [-0.3, -0.25) is 9.59 Å². The van der Waals surface area contributed by atoms with Crippen molar-refractivity contribution in [2.75, 3.05) is 5.32 Å². The van der Waals surface area contributed by atoms with Gasteiger partial charge in [-0.15, -0.1) is 5.10 Å². The Morgan fingerprint density at radius 1 is 0.921 bits per heavy atom. The van der Waals surface area contributed by atoms with Crippen molar-refractivity contribution in [2.45, 2.75) is 32.7 Å². The van der Waals surface area contributed by atoms with Crippen LogP contribution in [0.5, 0.6) is 11.6 Å². The van der Waals surface area contributed by atoms with E-state index in [0.29, 0.717) is 34.5 Å². The van der Waals surface area contributed by atoms with E-state index in [-0.39, 0.29) is 17.6 Å². The molecule has 2 heterocycles. The van der Waals surface area contributed by atoms with E-state index in [4.69, 9.17) is 4.74 Å². The summed E-state index contributed by atoms with van der Waals surface area (Å²) >= 11 is 0. The van der Waals surface area contributed by atoms with E-state index in [1.165, 1.54) is 0 Å². The number of hydrogen-bond acceptors (Lipinski definition) is 8. The van der Waals surface area contributed by atoms with E-state index >= 15 is 0 Å². The third kappa shape index (κ3) is 6.28. The van der Waals surface area contributed by atoms with E-state index < -0.39 is 11.8 Å². The second kappa shape index (κ2) is 11.9. The molecule has 0 amide bonds. The van der Waals surface area contributed by atoms with Crippen molar-refractivity contribution < 1.29 is 19.4 Å². The molecule has 192 valence electrons. The fourth-order valence-electron chi connectivity index (χ4n) is 3.84. The Morgan fingerprint density at radius 2 is 1.63 bits per heavy atom. The van der Waals surface area contributed by atoms with Gasteiger partial charge in [-0.2, -0.15) is 5.10 Å². The first-order valence-corrected chi connectivity index (χ1v) is 12.1.